The highest BCUT2D eigenvalue weighted by molar-refractivity contribution is 6.34. The first-order valence-corrected chi connectivity index (χ1v) is 7.76. The van der Waals surface area contributed by atoms with Crippen molar-refractivity contribution in [1.82, 2.24) is 0 Å². The molecule has 1 aliphatic heterocycles. The lowest BCUT2D eigenvalue weighted by Crippen LogP contribution is -2.05. The van der Waals surface area contributed by atoms with Gasteiger partial charge in [-0.25, -0.2) is 9.79 Å². The molecule has 0 spiro atoms. The average molecular weight is 380 g/mol. The van der Waals surface area contributed by atoms with Crippen LogP contribution >= 0.6 is 11.6 Å². The monoisotopic (exact) mass is 379 g/mol. The fourth-order valence-electron chi connectivity index (χ4n) is 2.28. The van der Waals surface area contributed by atoms with Gasteiger partial charge in [-0.05, 0) is 35.9 Å². The molecule has 0 N–H and O–H groups in total. The Hall–Kier alpha value is -2.93. The largest absolute Gasteiger partial charge is 0.493 e. The molecule has 1 aliphatic rings. The van der Waals surface area contributed by atoms with Gasteiger partial charge in [0.05, 0.1) is 17.7 Å². The molecule has 0 atom stereocenters. The number of methoxy groups -OCH3 is 1. The summed E-state index contributed by atoms with van der Waals surface area (Å²) < 4.78 is 39.3. The molecule has 0 unspecified atom stereocenters. The first-order valence-electron chi connectivity index (χ1n) is 7.38. The number of ether oxygens (including phenoxy) is 3. The number of esters is 1. The van der Waals surface area contributed by atoms with E-state index in [4.69, 9.17) is 21.1 Å². The summed E-state index contributed by atoms with van der Waals surface area (Å²) in [5.41, 5.74) is 1.04. The van der Waals surface area contributed by atoms with Crippen molar-refractivity contribution in [3.8, 4) is 11.5 Å². The van der Waals surface area contributed by atoms with Crippen LogP contribution in [0.1, 0.15) is 11.1 Å². The topological polar surface area (TPSA) is 57.1 Å². The van der Waals surface area contributed by atoms with E-state index in [2.05, 4.69) is 9.73 Å². The molecular formula is C18H12ClF2NO4. The highest BCUT2D eigenvalue weighted by Crippen LogP contribution is 2.31. The van der Waals surface area contributed by atoms with Crippen LogP contribution in [0.5, 0.6) is 11.5 Å². The minimum Gasteiger partial charge on any atom is -0.493 e. The van der Waals surface area contributed by atoms with Gasteiger partial charge in [0.15, 0.2) is 17.2 Å². The standard InChI is InChI=1S/C18H12ClF2NO4/c1-24-15-9-10(6-7-14(15)25-18(20)21)8-13-17(23)26-16(22-13)11-4-2-3-5-12(11)19/h2-9,18H,1H3/b13-8-. The zero-order chi connectivity index (χ0) is 18.7. The maximum Gasteiger partial charge on any atom is 0.387 e. The third-order valence-electron chi connectivity index (χ3n) is 3.43. The highest BCUT2D eigenvalue weighted by Gasteiger charge is 2.25. The summed E-state index contributed by atoms with van der Waals surface area (Å²) in [6.45, 7) is -2.97. The van der Waals surface area contributed by atoms with Gasteiger partial charge in [0, 0.05) is 0 Å². The highest BCUT2D eigenvalue weighted by atomic mass is 35.5. The summed E-state index contributed by atoms with van der Waals surface area (Å²) in [7, 11) is 1.32. The first kappa shape index (κ1) is 17.9. The first-order chi connectivity index (χ1) is 12.5. The van der Waals surface area contributed by atoms with Crippen LogP contribution in [0.25, 0.3) is 6.08 Å². The molecule has 134 valence electrons. The van der Waals surface area contributed by atoms with E-state index in [9.17, 15) is 13.6 Å². The van der Waals surface area contributed by atoms with Crippen LogP contribution in [0.15, 0.2) is 53.2 Å². The molecule has 3 rings (SSSR count). The van der Waals surface area contributed by atoms with Crippen molar-refractivity contribution in [2.75, 3.05) is 7.11 Å². The van der Waals surface area contributed by atoms with Crippen molar-refractivity contribution < 1.29 is 27.8 Å². The van der Waals surface area contributed by atoms with Gasteiger partial charge in [0.1, 0.15) is 0 Å². The van der Waals surface area contributed by atoms with Gasteiger partial charge in [-0.15, -0.1) is 0 Å². The summed E-state index contributed by atoms with van der Waals surface area (Å²) in [6.07, 6.45) is 1.45. The van der Waals surface area contributed by atoms with E-state index in [1.54, 1.807) is 24.3 Å². The van der Waals surface area contributed by atoms with Gasteiger partial charge < -0.3 is 14.2 Å². The van der Waals surface area contributed by atoms with Crippen molar-refractivity contribution in [3.63, 3.8) is 0 Å². The van der Waals surface area contributed by atoms with E-state index < -0.39 is 12.6 Å². The third-order valence-corrected chi connectivity index (χ3v) is 3.76. The van der Waals surface area contributed by atoms with Gasteiger partial charge in [-0.1, -0.05) is 29.8 Å². The Morgan fingerprint density at radius 3 is 2.65 bits per heavy atom. The number of cyclic esters (lactones) is 1. The zero-order valence-corrected chi connectivity index (χ0v) is 14.2. The van der Waals surface area contributed by atoms with E-state index in [-0.39, 0.29) is 23.1 Å². The number of hydrogen-bond acceptors (Lipinski definition) is 5. The number of carbonyl (C=O) groups is 1. The average Bonchev–Trinajstić information content (AvgIpc) is 2.96. The van der Waals surface area contributed by atoms with E-state index >= 15 is 0 Å². The van der Waals surface area contributed by atoms with Crippen molar-refractivity contribution in [1.29, 1.82) is 0 Å². The summed E-state index contributed by atoms with van der Waals surface area (Å²) in [5.74, 6) is -0.566. The van der Waals surface area contributed by atoms with Gasteiger partial charge in [0.25, 0.3) is 0 Å². The van der Waals surface area contributed by atoms with Crippen molar-refractivity contribution in [2.45, 2.75) is 6.61 Å². The molecule has 2 aromatic carbocycles. The molecule has 5 nitrogen and oxygen atoms in total. The number of carbonyl (C=O) groups excluding carboxylic acids is 1. The molecule has 0 aliphatic carbocycles. The van der Waals surface area contributed by atoms with Crippen LogP contribution in [0, 0.1) is 0 Å². The second kappa shape index (κ2) is 7.53. The smallest absolute Gasteiger partial charge is 0.387 e. The second-order valence-corrected chi connectivity index (χ2v) is 5.51. The predicted octanol–water partition coefficient (Wildman–Crippen LogP) is 4.29. The number of nitrogens with zero attached hydrogens (tertiary/aromatic N) is 1. The van der Waals surface area contributed by atoms with Crippen LogP contribution in [-0.2, 0) is 9.53 Å². The lowest BCUT2D eigenvalue weighted by atomic mass is 10.1. The van der Waals surface area contributed by atoms with Crippen molar-refractivity contribution in [3.05, 3.63) is 64.3 Å². The molecule has 8 heteroatoms. The summed E-state index contributed by atoms with van der Waals surface area (Å²) in [4.78, 5) is 16.2. The SMILES string of the molecule is COc1cc(/C=C2\N=C(c3ccccc3Cl)OC2=O)ccc1OC(F)F. The Kier molecular flexibility index (Phi) is 5.18. The third kappa shape index (κ3) is 3.83. The zero-order valence-electron chi connectivity index (χ0n) is 13.4. The fraction of sp³-hybridized carbons (Fsp3) is 0.111. The Bertz CT molecular complexity index is 912. The maximum atomic E-state index is 12.4. The molecule has 0 bridgehead atoms. The molecule has 0 amide bonds. The minimum atomic E-state index is -2.97. The Labute approximate surface area is 152 Å². The minimum absolute atomic E-state index is 0.0458. The fourth-order valence-corrected chi connectivity index (χ4v) is 2.50. The van der Waals surface area contributed by atoms with Crippen LogP contribution in [-0.4, -0.2) is 25.6 Å². The predicted molar refractivity (Wildman–Crippen MR) is 91.7 cm³/mol. The lowest BCUT2D eigenvalue weighted by molar-refractivity contribution is -0.129. The quantitative estimate of drug-likeness (QED) is 0.574. The van der Waals surface area contributed by atoms with Crippen LogP contribution in [0.4, 0.5) is 8.78 Å². The van der Waals surface area contributed by atoms with Gasteiger partial charge in [0.2, 0.25) is 5.90 Å². The van der Waals surface area contributed by atoms with Gasteiger partial charge in [-0.2, -0.15) is 8.78 Å². The van der Waals surface area contributed by atoms with E-state index in [0.29, 0.717) is 16.1 Å². The van der Waals surface area contributed by atoms with Crippen molar-refractivity contribution >= 4 is 29.5 Å². The Morgan fingerprint density at radius 1 is 1.19 bits per heavy atom. The van der Waals surface area contributed by atoms with Crippen LogP contribution < -0.4 is 9.47 Å². The number of rotatable bonds is 5. The van der Waals surface area contributed by atoms with E-state index in [1.807, 2.05) is 0 Å². The number of alkyl halides is 2. The second-order valence-electron chi connectivity index (χ2n) is 5.10. The molecule has 0 saturated carbocycles. The molecule has 0 radical (unpaired) electrons. The Morgan fingerprint density at radius 2 is 1.96 bits per heavy atom. The number of halogens is 3. The molecule has 26 heavy (non-hydrogen) atoms. The molecule has 0 saturated heterocycles. The van der Waals surface area contributed by atoms with Crippen molar-refractivity contribution in [2.24, 2.45) is 4.99 Å². The summed E-state index contributed by atoms with van der Waals surface area (Å²) in [6, 6.07) is 11.1. The molecule has 2 aromatic rings. The van der Waals surface area contributed by atoms with Gasteiger partial charge in [-0.3, -0.25) is 0 Å². The van der Waals surface area contributed by atoms with Crippen LogP contribution in [0.3, 0.4) is 0 Å². The Balaban J connectivity index is 1.92. The van der Waals surface area contributed by atoms with E-state index in [1.165, 1.54) is 31.4 Å². The van der Waals surface area contributed by atoms with Gasteiger partial charge >= 0.3 is 12.6 Å². The van der Waals surface area contributed by atoms with Crippen LogP contribution in [0.2, 0.25) is 5.02 Å². The van der Waals surface area contributed by atoms with E-state index in [0.717, 1.165) is 0 Å². The number of aliphatic imine (C=N–C) groups is 1. The summed E-state index contributed by atoms with van der Waals surface area (Å²) in [5, 5.41) is 0.399. The molecule has 0 fully saturated rings. The normalized spacial score (nSPS) is 15.2. The summed E-state index contributed by atoms with van der Waals surface area (Å²) >= 11 is 6.08. The molecule has 1 heterocycles. The molecular weight excluding hydrogens is 368 g/mol. The number of hydrogen-bond donors (Lipinski definition) is 0. The maximum absolute atomic E-state index is 12.4. The molecule has 0 aromatic heterocycles. The lowest BCUT2D eigenvalue weighted by Gasteiger charge is -2.10. The number of benzene rings is 2.